The number of fused-ring (bicyclic) bond motifs is 1. The molecule has 0 saturated heterocycles. The molecular weight excluding hydrogens is 302 g/mol. The van der Waals surface area contributed by atoms with Crippen LogP contribution >= 0.6 is 0 Å². The molecule has 2 aromatic carbocycles. The van der Waals surface area contributed by atoms with Gasteiger partial charge in [0, 0.05) is 0 Å². The number of carbonyl (C=O) groups is 1. The van der Waals surface area contributed by atoms with E-state index in [4.69, 9.17) is 9.47 Å². The second-order valence-electron chi connectivity index (χ2n) is 6.40. The first-order chi connectivity index (χ1) is 11.5. The normalized spacial score (nSPS) is 20.3. The van der Waals surface area contributed by atoms with Crippen molar-refractivity contribution in [1.29, 1.82) is 0 Å². The van der Waals surface area contributed by atoms with Gasteiger partial charge in [0.1, 0.15) is 6.10 Å². The Bertz CT molecular complexity index is 756. The van der Waals surface area contributed by atoms with Gasteiger partial charge in [-0.3, -0.25) is 4.79 Å². The molecule has 1 heterocycles. The summed E-state index contributed by atoms with van der Waals surface area (Å²) in [4.78, 5) is 12.7. The Morgan fingerprint density at radius 1 is 1.08 bits per heavy atom. The summed E-state index contributed by atoms with van der Waals surface area (Å²) in [5.41, 5.74) is 3.46. The predicted octanol–water partition coefficient (Wildman–Crippen LogP) is 3.71. The van der Waals surface area contributed by atoms with Gasteiger partial charge < -0.3 is 14.8 Å². The summed E-state index contributed by atoms with van der Waals surface area (Å²) in [5.74, 6) is 1.12. The second kappa shape index (κ2) is 6.56. The van der Waals surface area contributed by atoms with E-state index in [1.165, 1.54) is 5.56 Å². The smallest absolute Gasteiger partial charge is 0.265 e. The number of aryl methyl sites for hydroxylation is 2. The van der Waals surface area contributed by atoms with Gasteiger partial charge in [-0.05, 0) is 51.0 Å². The van der Waals surface area contributed by atoms with E-state index < -0.39 is 6.10 Å². The van der Waals surface area contributed by atoms with Crippen LogP contribution in [0, 0.1) is 13.8 Å². The van der Waals surface area contributed by atoms with Crippen LogP contribution in [0.25, 0.3) is 0 Å². The number of benzene rings is 2. The summed E-state index contributed by atoms with van der Waals surface area (Å²) in [6, 6.07) is 13.6. The molecule has 1 amide bonds. The van der Waals surface area contributed by atoms with Crippen LogP contribution in [-0.2, 0) is 4.79 Å². The van der Waals surface area contributed by atoms with E-state index >= 15 is 0 Å². The molecular formula is C20H23NO3. The zero-order valence-electron chi connectivity index (χ0n) is 14.5. The van der Waals surface area contributed by atoms with E-state index in [0.29, 0.717) is 11.5 Å². The number of ether oxygens (including phenoxy) is 2. The highest BCUT2D eigenvalue weighted by molar-refractivity contribution is 5.82. The number of amides is 1. The summed E-state index contributed by atoms with van der Waals surface area (Å²) >= 11 is 0. The Morgan fingerprint density at radius 2 is 1.75 bits per heavy atom. The third-order valence-electron chi connectivity index (χ3n) is 4.36. The SMILES string of the molecule is Cc1ccc(C)c([C@H](C)NC(=O)[C@H]2Oc3ccccc3O[C@@H]2C)c1. The van der Waals surface area contributed by atoms with Gasteiger partial charge in [0.05, 0.1) is 6.04 Å². The molecule has 3 rings (SSSR count). The molecule has 4 heteroatoms. The van der Waals surface area contributed by atoms with Crippen LogP contribution in [0.5, 0.6) is 11.5 Å². The average Bonchev–Trinajstić information content (AvgIpc) is 2.56. The Labute approximate surface area is 142 Å². The molecule has 0 saturated carbocycles. The highest BCUT2D eigenvalue weighted by Crippen LogP contribution is 2.33. The summed E-state index contributed by atoms with van der Waals surface area (Å²) in [6.45, 7) is 7.94. The van der Waals surface area contributed by atoms with Crippen LogP contribution in [-0.4, -0.2) is 18.1 Å². The number of nitrogens with one attached hydrogen (secondary N) is 1. The van der Waals surface area contributed by atoms with Crippen molar-refractivity contribution < 1.29 is 14.3 Å². The summed E-state index contributed by atoms with van der Waals surface area (Å²) in [7, 11) is 0. The highest BCUT2D eigenvalue weighted by atomic mass is 16.6. The highest BCUT2D eigenvalue weighted by Gasteiger charge is 2.34. The Balaban J connectivity index is 1.74. The van der Waals surface area contributed by atoms with Crippen LogP contribution in [0.3, 0.4) is 0 Å². The first kappa shape index (κ1) is 16.4. The first-order valence-corrected chi connectivity index (χ1v) is 8.25. The maximum absolute atomic E-state index is 12.7. The van der Waals surface area contributed by atoms with Crippen LogP contribution < -0.4 is 14.8 Å². The van der Waals surface area contributed by atoms with Crippen LogP contribution in [0.2, 0.25) is 0 Å². The van der Waals surface area contributed by atoms with Crippen LogP contribution in [0.4, 0.5) is 0 Å². The van der Waals surface area contributed by atoms with E-state index in [9.17, 15) is 4.79 Å². The lowest BCUT2D eigenvalue weighted by Crippen LogP contribution is -2.49. The van der Waals surface area contributed by atoms with Gasteiger partial charge >= 0.3 is 0 Å². The summed E-state index contributed by atoms with van der Waals surface area (Å²) in [5, 5.41) is 3.05. The topological polar surface area (TPSA) is 47.6 Å². The molecule has 0 bridgehead atoms. The molecule has 4 nitrogen and oxygen atoms in total. The Hall–Kier alpha value is -2.49. The van der Waals surface area contributed by atoms with E-state index in [1.807, 2.05) is 38.1 Å². The molecule has 0 fully saturated rings. The van der Waals surface area contributed by atoms with E-state index in [-0.39, 0.29) is 18.1 Å². The minimum Gasteiger partial charge on any atom is -0.482 e. The van der Waals surface area contributed by atoms with Crippen molar-refractivity contribution in [3.63, 3.8) is 0 Å². The van der Waals surface area contributed by atoms with E-state index in [0.717, 1.165) is 11.1 Å². The largest absolute Gasteiger partial charge is 0.482 e. The van der Waals surface area contributed by atoms with Gasteiger partial charge in [0.25, 0.3) is 5.91 Å². The molecule has 0 radical (unpaired) electrons. The Kier molecular flexibility index (Phi) is 4.47. The predicted molar refractivity (Wildman–Crippen MR) is 93.4 cm³/mol. The lowest BCUT2D eigenvalue weighted by atomic mass is 9.99. The second-order valence-corrected chi connectivity index (χ2v) is 6.40. The number of carbonyl (C=O) groups excluding carboxylic acids is 1. The zero-order chi connectivity index (χ0) is 17.3. The fraction of sp³-hybridized carbons (Fsp3) is 0.350. The zero-order valence-corrected chi connectivity index (χ0v) is 14.5. The third kappa shape index (κ3) is 3.23. The molecule has 1 aliphatic rings. The van der Waals surface area contributed by atoms with Crippen LogP contribution in [0.1, 0.15) is 36.6 Å². The van der Waals surface area contributed by atoms with Gasteiger partial charge in [-0.15, -0.1) is 0 Å². The van der Waals surface area contributed by atoms with Crippen molar-refractivity contribution in [1.82, 2.24) is 5.32 Å². The van der Waals surface area contributed by atoms with E-state index in [2.05, 4.69) is 37.4 Å². The van der Waals surface area contributed by atoms with Crippen molar-refractivity contribution in [2.75, 3.05) is 0 Å². The molecule has 0 aliphatic carbocycles. The van der Waals surface area contributed by atoms with Gasteiger partial charge in [0.2, 0.25) is 6.10 Å². The van der Waals surface area contributed by atoms with E-state index in [1.54, 1.807) is 0 Å². The van der Waals surface area contributed by atoms with Crippen molar-refractivity contribution in [3.8, 4) is 11.5 Å². The van der Waals surface area contributed by atoms with Crippen molar-refractivity contribution >= 4 is 5.91 Å². The maximum Gasteiger partial charge on any atom is 0.265 e. The lowest BCUT2D eigenvalue weighted by Gasteiger charge is -2.32. The monoisotopic (exact) mass is 325 g/mol. The standard InChI is InChI=1S/C20H23NO3/c1-12-9-10-13(2)16(11-12)14(3)21-20(22)19-15(4)23-17-7-5-6-8-18(17)24-19/h5-11,14-15,19H,1-4H3,(H,21,22)/t14-,15+,19-/m0/s1. The number of para-hydroxylation sites is 2. The molecule has 1 aliphatic heterocycles. The van der Waals surface area contributed by atoms with Gasteiger partial charge in [-0.25, -0.2) is 0 Å². The molecule has 3 atom stereocenters. The minimum atomic E-state index is -0.660. The maximum atomic E-state index is 12.7. The van der Waals surface area contributed by atoms with Crippen molar-refractivity contribution in [3.05, 3.63) is 59.2 Å². The lowest BCUT2D eigenvalue weighted by molar-refractivity contribution is -0.134. The molecule has 1 N–H and O–H groups in total. The molecule has 0 spiro atoms. The number of rotatable bonds is 3. The molecule has 2 aromatic rings. The number of hydrogen-bond donors (Lipinski definition) is 1. The summed E-state index contributed by atoms with van der Waals surface area (Å²) < 4.78 is 11.7. The summed E-state index contributed by atoms with van der Waals surface area (Å²) in [6.07, 6.45) is -1.00. The first-order valence-electron chi connectivity index (χ1n) is 8.25. The molecule has 126 valence electrons. The molecule has 24 heavy (non-hydrogen) atoms. The van der Waals surface area contributed by atoms with Gasteiger partial charge in [-0.1, -0.05) is 35.9 Å². The van der Waals surface area contributed by atoms with Crippen molar-refractivity contribution in [2.24, 2.45) is 0 Å². The van der Waals surface area contributed by atoms with Gasteiger partial charge in [-0.2, -0.15) is 0 Å². The van der Waals surface area contributed by atoms with Crippen LogP contribution in [0.15, 0.2) is 42.5 Å². The molecule has 0 aromatic heterocycles. The van der Waals surface area contributed by atoms with Gasteiger partial charge in [0.15, 0.2) is 11.5 Å². The quantitative estimate of drug-likeness (QED) is 0.936. The molecule has 0 unspecified atom stereocenters. The number of hydrogen-bond acceptors (Lipinski definition) is 3. The minimum absolute atomic E-state index is 0.0922. The third-order valence-corrected chi connectivity index (χ3v) is 4.36. The average molecular weight is 325 g/mol. The van der Waals surface area contributed by atoms with Crippen molar-refractivity contribution in [2.45, 2.75) is 45.9 Å². The fourth-order valence-corrected chi connectivity index (χ4v) is 3.01. The fourth-order valence-electron chi connectivity index (χ4n) is 3.01. The Morgan fingerprint density at radius 3 is 2.46 bits per heavy atom.